The Labute approximate surface area is 117 Å². The molecule has 20 heavy (non-hydrogen) atoms. The molecule has 1 atom stereocenters. The lowest BCUT2D eigenvalue weighted by molar-refractivity contribution is 0.401. The lowest BCUT2D eigenvalue weighted by Gasteiger charge is -2.17. The molecular weight excluding hydrogens is 260 g/mol. The fourth-order valence-electron chi connectivity index (χ4n) is 2.06. The maximum atomic E-state index is 13.5. The first-order valence-electron chi connectivity index (χ1n) is 6.42. The molecule has 2 nitrogen and oxygen atoms in total. The fraction of sp³-hybridized carbons (Fsp3) is 0.250. The van der Waals surface area contributed by atoms with Crippen LogP contribution in [0.25, 0.3) is 0 Å². The summed E-state index contributed by atoms with van der Waals surface area (Å²) >= 11 is 0. The summed E-state index contributed by atoms with van der Waals surface area (Å²) in [5.74, 6) is -0.319. The summed E-state index contributed by atoms with van der Waals surface area (Å²) in [6.45, 7) is 2.30. The van der Waals surface area contributed by atoms with E-state index in [1.165, 1.54) is 12.1 Å². The van der Waals surface area contributed by atoms with Crippen molar-refractivity contribution in [2.75, 3.05) is 7.11 Å². The molecule has 1 N–H and O–H groups in total. The number of hydrogen-bond acceptors (Lipinski definition) is 2. The van der Waals surface area contributed by atoms with Crippen LogP contribution in [0.15, 0.2) is 42.5 Å². The van der Waals surface area contributed by atoms with Crippen LogP contribution in [0.1, 0.15) is 24.1 Å². The molecule has 0 saturated heterocycles. The number of rotatable bonds is 5. The Balaban J connectivity index is 2.06. The molecule has 0 heterocycles. The van der Waals surface area contributed by atoms with Crippen LogP contribution in [0.5, 0.6) is 5.75 Å². The van der Waals surface area contributed by atoms with Crippen molar-refractivity contribution >= 4 is 0 Å². The highest BCUT2D eigenvalue weighted by Gasteiger charge is 2.11. The van der Waals surface area contributed by atoms with E-state index in [-0.39, 0.29) is 6.04 Å². The quantitative estimate of drug-likeness (QED) is 0.897. The van der Waals surface area contributed by atoms with E-state index in [0.717, 1.165) is 17.4 Å². The Hall–Kier alpha value is -1.94. The third-order valence-corrected chi connectivity index (χ3v) is 3.22. The van der Waals surface area contributed by atoms with Crippen LogP contribution in [0.2, 0.25) is 0 Å². The van der Waals surface area contributed by atoms with Crippen LogP contribution < -0.4 is 10.1 Å². The highest BCUT2D eigenvalue weighted by molar-refractivity contribution is 5.35. The van der Waals surface area contributed by atoms with Crippen LogP contribution in [-0.4, -0.2) is 7.11 Å². The van der Waals surface area contributed by atoms with Crippen molar-refractivity contribution in [3.8, 4) is 5.75 Å². The van der Waals surface area contributed by atoms with Crippen molar-refractivity contribution in [1.82, 2.24) is 5.32 Å². The summed E-state index contributed by atoms with van der Waals surface area (Å²) in [5, 5.41) is 3.21. The highest BCUT2D eigenvalue weighted by atomic mass is 19.1. The number of nitrogens with one attached hydrogen (secondary N) is 1. The van der Waals surface area contributed by atoms with E-state index < -0.39 is 11.6 Å². The summed E-state index contributed by atoms with van der Waals surface area (Å²) in [7, 11) is 1.62. The second-order valence-corrected chi connectivity index (χ2v) is 4.58. The lowest BCUT2D eigenvalue weighted by Crippen LogP contribution is -2.19. The fourth-order valence-corrected chi connectivity index (χ4v) is 2.06. The second-order valence-electron chi connectivity index (χ2n) is 4.58. The van der Waals surface area contributed by atoms with E-state index in [4.69, 9.17) is 4.74 Å². The lowest BCUT2D eigenvalue weighted by atomic mass is 10.1. The van der Waals surface area contributed by atoms with E-state index in [0.29, 0.717) is 12.1 Å². The molecule has 0 aliphatic rings. The number of benzene rings is 2. The molecule has 0 radical (unpaired) electrons. The van der Waals surface area contributed by atoms with Gasteiger partial charge < -0.3 is 10.1 Å². The number of ether oxygens (including phenoxy) is 1. The van der Waals surface area contributed by atoms with Crippen molar-refractivity contribution in [3.05, 3.63) is 65.2 Å². The van der Waals surface area contributed by atoms with Gasteiger partial charge in [0.05, 0.1) is 7.11 Å². The first-order chi connectivity index (χ1) is 9.61. The third kappa shape index (κ3) is 3.33. The predicted molar refractivity (Wildman–Crippen MR) is 74.6 cm³/mol. The van der Waals surface area contributed by atoms with Crippen molar-refractivity contribution in [2.45, 2.75) is 19.5 Å². The SMILES string of the molecule is COc1ccccc1C(C)NCc1ccc(F)cc1F. The van der Waals surface area contributed by atoms with Crippen molar-refractivity contribution in [2.24, 2.45) is 0 Å². The Morgan fingerprint density at radius 1 is 1.15 bits per heavy atom. The van der Waals surface area contributed by atoms with Gasteiger partial charge in [-0.05, 0) is 19.1 Å². The van der Waals surface area contributed by atoms with Gasteiger partial charge in [0.25, 0.3) is 0 Å². The van der Waals surface area contributed by atoms with Crippen LogP contribution in [0, 0.1) is 11.6 Å². The monoisotopic (exact) mass is 277 g/mol. The zero-order chi connectivity index (χ0) is 14.5. The van der Waals surface area contributed by atoms with Crippen LogP contribution in [0.4, 0.5) is 8.78 Å². The zero-order valence-corrected chi connectivity index (χ0v) is 11.5. The molecule has 0 bridgehead atoms. The van der Waals surface area contributed by atoms with Gasteiger partial charge in [-0.3, -0.25) is 0 Å². The largest absolute Gasteiger partial charge is 0.496 e. The molecule has 4 heteroatoms. The van der Waals surface area contributed by atoms with E-state index in [1.54, 1.807) is 7.11 Å². The average Bonchev–Trinajstić information content (AvgIpc) is 2.46. The maximum Gasteiger partial charge on any atom is 0.130 e. The molecule has 106 valence electrons. The summed E-state index contributed by atoms with van der Waals surface area (Å²) < 4.78 is 31.7. The molecule has 0 aliphatic carbocycles. The first-order valence-corrected chi connectivity index (χ1v) is 6.42. The summed E-state index contributed by atoms with van der Waals surface area (Å²) in [5.41, 5.74) is 1.44. The van der Waals surface area contributed by atoms with E-state index >= 15 is 0 Å². The van der Waals surface area contributed by atoms with Crippen LogP contribution >= 0.6 is 0 Å². The maximum absolute atomic E-state index is 13.5. The van der Waals surface area contributed by atoms with Crippen LogP contribution in [0.3, 0.4) is 0 Å². The molecule has 2 aromatic carbocycles. The minimum Gasteiger partial charge on any atom is -0.496 e. The molecule has 0 fully saturated rings. The molecule has 0 spiro atoms. The van der Waals surface area contributed by atoms with Crippen molar-refractivity contribution in [1.29, 1.82) is 0 Å². The topological polar surface area (TPSA) is 21.3 Å². The van der Waals surface area contributed by atoms with Gasteiger partial charge in [0.2, 0.25) is 0 Å². The summed E-state index contributed by atoms with van der Waals surface area (Å²) in [6, 6.07) is 11.3. The Morgan fingerprint density at radius 3 is 2.60 bits per heavy atom. The smallest absolute Gasteiger partial charge is 0.130 e. The number of halogens is 2. The zero-order valence-electron chi connectivity index (χ0n) is 11.5. The number of para-hydroxylation sites is 1. The van der Waals surface area contributed by atoms with Gasteiger partial charge >= 0.3 is 0 Å². The first kappa shape index (κ1) is 14.5. The van der Waals surface area contributed by atoms with E-state index in [2.05, 4.69) is 5.32 Å². The van der Waals surface area contributed by atoms with Gasteiger partial charge in [-0.15, -0.1) is 0 Å². The minimum atomic E-state index is -0.566. The predicted octanol–water partition coefficient (Wildman–Crippen LogP) is 3.82. The van der Waals surface area contributed by atoms with Gasteiger partial charge in [0.1, 0.15) is 17.4 Å². The van der Waals surface area contributed by atoms with Gasteiger partial charge in [-0.25, -0.2) is 8.78 Å². The molecule has 0 aromatic heterocycles. The number of methoxy groups -OCH3 is 1. The van der Waals surface area contributed by atoms with Gasteiger partial charge in [-0.1, -0.05) is 24.3 Å². The standard InChI is InChI=1S/C16H17F2NO/c1-11(14-5-3-4-6-16(14)20-2)19-10-12-7-8-13(17)9-15(12)18/h3-9,11,19H,10H2,1-2H3. The van der Waals surface area contributed by atoms with Gasteiger partial charge in [-0.2, -0.15) is 0 Å². The van der Waals surface area contributed by atoms with Crippen molar-refractivity contribution in [3.63, 3.8) is 0 Å². The summed E-state index contributed by atoms with van der Waals surface area (Å²) in [6.07, 6.45) is 0. The van der Waals surface area contributed by atoms with Gasteiger partial charge in [0.15, 0.2) is 0 Å². The Kier molecular flexibility index (Phi) is 4.69. The third-order valence-electron chi connectivity index (χ3n) is 3.22. The highest BCUT2D eigenvalue weighted by Crippen LogP contribution is 2.24. The van der Waals surface area contributed by atoms with Crippen molar-refractivity contribution < 1.29 is 13.5 Å². The molecule has 2 aromatic rings. The average molecular weight is 277 g/mol. The summed E-state index contributed by atoms with van der Waals surface area (Å²) in [4.78, 5) is 0. The van der Waals surface area contributed by atoms with Crippen LogP contribution in [-0.2, 0) is 6.54 Å². The normalized spacial score (nSPS) is 12.2. The molecule has 1 unspecified atom stereocenters. The molecule has 0 saturated carbocycles. The molecule has 0 amide bonds. The Bertz CT molecular complexity index is 586. The Morgan fingerprint density at radius 2 is 1.90 bits per heavy atom. The molecular formula is C16H17F2NO. The second kappa shape index (κ2) is 6.48. The van der Waals surface area contributed by atoms with E-state index in [9.17, 15) is 8.78 Å². The van der Waals surface area contributed by atoms with Gasteiger partial charge in [0, 0.05) is 29.8 Å². The molecule has 2 rings (SSSR count). The number of hydrogen-bond donors (Lipinski definition) is 1. The molecule has 0 aliphatic heterocycles. The van der Waals surface area contributed by atoms with E-state index in [1.807, 2.05) is 31.2 Å². The minimum absolute atomic E-state index is 0.00407.